The van der Waals surface area contributed by atoms with Crippen molar-refractivity contribution in [2.45, 2.75) is 32.9 Å². The Bertz CT molecular complexity index is 1210. The van der Waals surface area contributed by atoms with E-state index in [1.807, 2.05) is 12.1 Å². The maximum absolute atomic E-state index is 14.5. The largest absolute Gasteiger partial charge is 0.384 e. The SMILES string of the molecule is Cc1ccc2c(-c3cn(Cc4cccc(C(C)(C)O)n4)nn3)nc(N)nc2c1F. The lowest BCUT2D eigenvalue weighted by Crippen LogP contribution is -2.18. The van der Waals surface area contributed by atoms with Gasteiger partial charge in [0.1, 0.15) is 22.5 Å². The fraction of sp³-hybridized carbons (Fsp3) is 0.250. The molecule has 0 unspecified atom stereocenters. The highest BCUT2D eigenvalue weighted by Gasteiger charge is 2.19. The predicted octanol–water partition coefficient (Wildman–Crippen LogP) is 2.59. The molecular formula is C20H20FN7O. The first-order chi connectivity index (χ1) is 13.7. The molecule has 29 heavy (non-hydrogen) atoms. The summed E-state index contributed by atoms with van der Waals surface area (Å²) in [6, 6.07) is 8.85. The second kappa shape index (κ2) is 6.85. The van der Waals surface area contributed by atoms with Gasteiger partial charge in [-0.25, -0.2) is 19.0 Å². The third-order valence-corrected chi connectivity index (χ3v) is 4.56. The Morgan fingerprint density at radius 3 is 2.69 bits per heavy atom. The summed E-state index contributed by atoms with van der Waals surface area (Å²) >= 11 is 0. The third-order valence-electron chi connectivity index (χ3n) is 4.56. The van der Waals surface area contributed by atoms with Crippen molar-refractivity contribution >= 4 is 16.9 Å². The number of anilines is 1. The molecule has 0 spiro atoms. The molecule has 0 amide bonds. The molecule has 0 atom stereocenters. The quantitative estimate of drug-likeness (QED) is 0.547. The van der Waals surface area contributed by atoms with Crippen LogP contribution in [-0.4, -0.2) is 35.1 Å². The van der Waals surface area contributed by atoms with Crippen LogP contribution in [0.4, 0.5) is 10.3 Å². The summed E-state index contributed by atoms with van der Waals surface area (Å²) in [5, 5.41) is 18.9. The smallest absolute Gasteiger partial charge is 0.221 e. The van der Waals surface area contributed by atoms with E-state index in [9.17, 15) is 9.50 Å². The molecule has 3 N–H and O–H groups in total. The van der Waals surface area contributed by atoms with Gasteiger partial charge in [-0.05, 0) is 38.5 Å². The van der Waals surface area contributed by atoms with Crippen LogP contribution < -0.4 is 5.73 Å². The number of aliphatic hydroxyl groups is 1. The van der Waals surface area contributed by atoms with Crippen LogP contribution in [0.5, 0.6) is 0 Å². The average Bonchev–Trinajstić information content (AvgIpc) is 3.12. The van der Waals surface area contributed by atoms with E-state index in [-0.39, 0.29) is 11.5 Å². The molecule has 0 aliphatic rings. The number of nitrogens with zero attached hydrogens (tertiary/aromatic N) is 6. The van der Waals surface area contributed by atoms with Gasteiger partial charge < -0.3 is 10.8 Å². The summed E-state index contributed by atoms with van der Waals surface area (Å²) in [4.78, 5) is 12.7. The van der Waals surface area contributed by atoms with Crippen LogP contribution in [-0.2, 0) is 12.1 Å². The van der Waals surface area contributed by atoms with Gasteiger partial charge in [0.2, 0.25) is 5.95 Å². The fourth-order valence-electron chi connectivity index (χ4n) is 3.03. The molecule has 3 aromatic heterocycles. The van der Waals surface area contributed by atoms with Crippen molar-refractivity contribution < 1.29 is 9.50 Å². The molecule has 0 bridgehead atoms. The van der Waals surface area contributed by atoms with Gasteiger partial charge in [0.05, 0.1) is 24.1 Å². The first-order valence-corrected chi connectivity index (χ1v) is 9.04. The summed E-state index contributed by atoms with van der Waals surface area (Å²) in [6.07, 6.45) is 1.69. The van der Waals surface area contributed by atoms with Crippen LogP contribution in [0.1, 0.15) is 30.8 Å². The molecule has 0 aliphatic heterocycles. The van der Waals surface area contributed by atoms with Crippen LogP contribution in [0.25, 0.3) is 22.3 Å². The van der Waals surface area contributed by atoms with Gasteiger partial charge in [-0.2, -0.15) is 0 Å². The van der Waals surface area contributed by atoms with Crippen molar-refractivity contribution in [3.8, 4) is 11.4 Å². The molecule has 0 fully saturated rings. The highest BCUT2D eigenvalue weighted by Crippen LogP contribution is 2.28. The van der Waals surface area contributed by atoms with Crippen LogP contribution in [0, 0.1) is 12.7 Å². The summed E-state index contributed by atoms with van der Waals surface area (Å²) in [5.41, 5.74) is 7.53. The fourth-order valence-corrected chi connectivity index (χ4v) is 3.03. The van der Waals surface area contributed by atoms with Gasteiger partial charge >= 0.3 is 0 Å². The molecule has 3 heterocycles. The number of aryl methyl sites for hydroxylation is 1. The van der Waals surface area contributed by atoms with E-state index in [1.165, 1.54) is 0 Å². The Kier molecular flexibility index (Phi) is 4.46. The van der Waals surface area contributed by atoms with Crippen molar-refractivity contribution in [2.75, 3.05) is 5.73 Å². The van der Waals surface area contributed by atoms with Crippen LogP contribution >= 0.6 is 0 Å². The number of fused-ring (bicyclic) bond motifs is 1. The Morgan fingerprint density at radius 1 is 1.14 bits per heavy atom. The zero-order valence-electron chi connectivity index (χ0n) is 16.3. The Hall–Kier alpha value is -3.46. The van der Waals surface area contributed by atoms with Crippen molar-refractivity contribution in [2.24, 2.45) is 0 Å². The average molecular weight is 393 g/mol. The van der Waals surface area contributed by atoms with E-state index in [2.05, 4.69) is 25.3 Å². The van der Waals surface area contributed by atoms with E-state index in [1.54, 1.807) is 49.8 Å². The number of rotatable bonds is 4. The molecule has 0 saturated heterocycles. The first-order valence-electron chi connectivity index (χ1n) is 9.04. The minimum Gasteiger partial charge on any atom is -0.384 e. The predicted molar refractivity (Wildman–Crippen MR) is 106 cm³/mol. The summed E-state index contributed by atoms with van der Waals surface area (Å²) in [7, 11) is 0. The van der Waals surface area contributed by atoms with Crippen molar-refractivity contribution in [3.63, 3.8) is 0 Å². The third kappa shape index (κ3) is 3.64. The number of pyridine rings is 1. The van der Waals surface area contributed by atoms with E-state index >= 15 is 0 Å². The Morgan fingerprint density at radius 2 is 1.93 bits per heavy atom. The van der Waals surface area contributed by atoms with Crippen molar-refractivity contribution in [3.05, 3.63) is 59.3 Å². The molecular weight excluding hydrogens is 373 g/mol. The van der Waals surface area contributed by atoms with Crippen LogP contribution in [0.3, 0.4) is 0 Å². The number of hydrogen-bond acceptors (Lipinski definition) is 7. The zero-order chi connectivity index (χ0) is 20.8. The van der Waals surface area contributed by atoms with Gasteiger partial charge in [-0.3, -0.25) is 4.98 Å². The van der Waals surface area contributed by atoms with Gasteiger partial charge in [-0.1, -0.05) is 23.4 Å². The lowest BCUT2D eigenvalue weighted by Gasteiger charge is -2.17. The summed E-state index contributed by atoms with van der Waals surface area (Å²) in [6.45, 7) is 5.37. The lowest BCUT2D eigenvalue weighted by molar-refractivity contribution is 0.0736. The molecule has 4 rings (SSSR count). The topological polar surface area (TPSA) is 116 Å². The Balaban J connectivity index is 1.71. The van der Waals surface area contributed by atoms with Gasteiger partial charge in [0.15, 0.2) is 5.82 Å². The molecule has 0 radical (unpaired) electrons. The summed E-state index contributed by atoms with van der Waals surface area (Å²) < 4.78 is 16.1. The van der Waals surface area contributed by atoms with Crippen molar-refractivity contribution in [1.29, 1.82) is 0 Å². The molecule has 9 heteroatoms. The maximum Gasteiger partial charge on any atom is 0.221 e. The Labute approximate surface area is 166 Å². The van der Waals surface area contributed by atoms with Gasteiger partial charge in [0.25, 0.3) is 0 Å². The number of nitrogens with two attached hydrogens (primary N) is 1. The van der Waals surface area contributed by atoms with E-state index in [4.69, 9.17) is 5.73 Å². The monoisotopic (exact) mass is 393 g/mol. The maximum atomic E-state index is 14.5. The van der Waals surface area contributed by atoms with Crippen LogP contribution in [0.15, 0.2) is 36.5 Å². The second-order valence-corrected chi connectivity index (χ2v) is 7.40. The number of benzene rings is 1. The van der Waals surface area contributed by atoms with E-state index in [0.29, 0.717) is 34.6 Å². The lowest BCUT2D eigenvalue weighted by atomic mass is 10.0. The van der Waals surface area contributed by atoms with Crippen molar-refractivity contribution in [1.82, 2.24) is 29.9 Å². The number of hydrogen-bond donors (Lipinski definition) is 2. The first kappa shape index (κ1) is 18.9. The minimum atomic E-state index is -1.04. The normalized spacial score (nSPS) is 11.9. The minimum absolute atomic E-state index is 0.0360. The molecule has 148 valence electrons. The van der Waals surface area contributed by atoms with Gasteiger partial charge in [-0.15, -0.1) is 5.10 Å². The molecule has 0 saturated carbocycles. The molecule has 1 aromatic carbocycles. The molecule has 8 nitrogen and oxygen atoms in total. The van der Waals surface area contributed by atoms with E-state index in [0.717, 1.165) is 5.69 Å². The number of halogens is 1. The van der Waals surface area contributed by atoms with Crippen LogP contribution in [0.2, 0.25) is 0 Å². The number of nitrogen functional groups attached to an aromatic ring is 1. The van der Waals surface area contributed by atoms with Gasteiger partial charge in [0, 0.05) is 5.39 Å². The highest BCUT2D eigenvalue weighted by atomic mass is 19.1. The highest BCUT2D eigenvalue weighted by molar-refractivity contribution is 5.92. The van der Waals surface area contributed by atoms with E-state index < -0.39 is 11.4 Å². The zero-order valence-corrected chi connectivity index (χ0v) is 16.3. The molecule has 4 aromatic rings. The molecule has 0 aliphatic carbocycles. The standard InChI is InChI=1S/C20H20FN7O/c1-11-7-8-13-17(24-19(22)25-18(13)16(11)21)14-10-28(27-26-14)9-12-5-4-6-15(23-12)20(2,3)29/h4-8,10,29H,9H2,1-3H3,(H2,22,24,25). The summed E-state index contributed by atoms with van der Waals surface area (Å²) in [5.74, 6) is -0.469. The second-order valence-electron chi connectivity index (χ2n) is 7.40. The number of aromatic nitrogens is 6.